The normalized spacial score (nSPS) is 22.4. The van der Waals surface area contributed by atoms with Gasteiger partial charge >= 0.3 is 0 Å². The molecular formula is C13H19N3O4S. The molecule has 0 heterocycles. The van der Waals surface area contributed by atoms with E-state index in [1.807, 2.05) is 0 Å². The van der Waals surface area contributed by atoms with Crippen LogP contribution in [0.2, 0.25) is 0 Å². The second-order valence-corrected chi connectivity index (χ2v) is 7.07. The van der Waals surface area contributed by atoms with Gasteiger partial charge in [-0.15, -0.1) is 0 Å². The van der Waals surface area contributed by atoms with Crippen molar-refractivity contribution in [2.75, 3.05) is 6.54 Å². The SMILES string of the molecule is Cc1cc(S(=O)(=O)NC2CCCC2CN)ccc1[N+](=O)[O-]. The van der Waals surface area contributed by atoms with Gasteiger partial charge in [-0.1, -0.05) is 6.42 Å². The van der Waals surface area contributed by atoms with Gasteiger partial charge in [0.05, 0.1) is 9.82 Å². The maximum atomic E-state index is 12.4. The molecule has 0 spiro atoms. The fraction of sp³-hybridized carbons (Fsp3) is 0.538. The van der Waals surface area contributed by atoms with Crippen molar-refractivity contribution in [1.82, 2.24) is 4.72 Å². The molecule has 0 aromatic heterocycles. The zero-order valence-corrected chi connectivity index (χ0v) is 12.6. The Morgan fingerprint density at radius 3 is 2.71 bits per heavy atom. The highest BCUT2D eigenvalue weighted by molar-refractivity contribution is 7.89. The van der Waals surface area contributed by atoms with Gasteiger partial charge in [0.2, 0.25) is 10.0 Å². The molecule has 1 aliphatic carbocycles. The van der Waals surface area contributed by atoms with Gasteiger partial charge in [0.25, 0.3) is 5.69 Å². The van der Waals surface area contributed by atoms with E-state index in [0.29, 0.717) is 12.1 Å². The standard InChI is InChI=1S/C13H19N3O4S/c1-9-7-11(5-6-13(9)16(17)18)21(19,20)15-12-4-2-3-10(12)8-14/h5-7,10,12,15H,2-4,8,14H2,1H3. The molecule has 0 radical (unpaired) electrons. The molecule has 1 fully saturated rings. The molecule has 0 saturated heterocycles. The first-order chi connectivity index (χ1) is 9.85. The second kappa shape index (κ2) is 6.08. The van der Waals surface area contributed by atoms with Crippen LogP contribution in [0.5, 0.6) is 0 Å². The summed E-state index contributed by atoms with van der Waals surface area (Å²) in [6.45, 7) is 1.97. The molecule has 7 nitrogen and oxygen atoms in total. The zero-order valence-electron chi connectivity index (χ0n) is 11.8. The van der Waals surface area contributed by atoms with Crippen LogP contribution in [0.1, 0.15) is 24.8 Å². The smallest absolute Gasteiger partial charge is 0.272 e. The van der Waals surface area contributed by atoms with Crippen LogP contribution in [-0.2, 0) is 10.0 Å². The number of nitrogens with one attached hydrogen (secondary N) is 1. The third-order valence-corrected chi connectivity index (χ3v) is 5.43. The predicted octanol–water partition coefficient (Wildman–Crippen LogP) is 1.31. The number of rotatable bonds is 5. The van der Waals surface area contributed by atoms with Gasteiger partial charge in [-0.3, -0.25) is 10.1 Å². The first-order valence-corrected chi connectivity index (χ1v) is 8.31. The summed E-state index contributed by atoms with van der Waals surface area (Å²) >= 11 is 0. The Bertz CT molecular complexity index is 645. The Labute approximate surface area is 123 Å². The summed E-state index contributed by atoms with van der Waals surface area (Å²) < 4.78 is 27.4. The largest absolute Gasteiger partial charge is 0.330 e. The average molecular weight is 313 g/mol. The van der Waals surface area contributed by atoms with E-state index in [4.69, 9.17) is 5.73 Å². The number of benzene rings is 1. The molecule has 1 aliphatic rings. The predicted molar refractivity (Wildman–Crippen MR) is 78.3 cm³/mol. The van der Waals surface area contributed by atoms with Crippen LogP contribution in [0.15, 0.2) is 23.1 Å². The van der Waals surface area contributed by atoms with Gasteiger partial charge in [-0.25, -0.2) is 13.1 Å². The summed E-state index contributed by atoms with van der Waals surface area (Å²) in [5.74, 6) is 0.152. The number of hydrogen-bond acceptors (Lipinski definition) is 5. The highest BCUT2D eigenvalue weighted by Crippen LogP contribution is 2.27. The second-order valence-electron chi connectivity index (χ2n) is 5.36. The Hall–Kier alpha value is -1.51. The minimum Gasteiger partial charge on any atom is -0.330 e. The van der Waals surface area contributed by atoms with Crippen molar-refractivity contribution < 1.29 is 13.3 Å². The van der Waals surface area contributed by atoms with Crippen LogP contribution >= 0.6 is 0 Å². The molecule has 0 aliphatic heterocycles. The Kier molecular flexibility index (Phi) is 4.60. The van der Waals surface area contributed by atoms with E-state index < -0.39 is 14.9 Å². The number of nitrogens with two attached hydrogens (primary N) is 1. The van der Waals surface area contributed by atoms with E-state index in [0.717, 1.165) is 19.3 Å². The van der Waals surface area contributed by atoms with Gasteiger partial charge < -0.3 is 5.73 Å². The van der Waals surface area contributed by atoms with E-state index in [1.165, 1.54) is 25.1 Å². The maximum absolute atomic E-state index is 12.4. The van der Waals surface area contributed by atoms with Crippen LogP contribution in [0.4, 0.5) is 5.69 Å². The van der Waals surface area contributed by atoms with Crippen LogP contribution in [-0.4, -0.2) is 25.9 Å². The number of aryl methyl sites for hydroxylation is 1. The Morgan fingerprint density at radius 1 is 1.43 bits per heavy atom. The van der Waals surface area contributed by atoms with Gasteiger partial charge in [0, 0.05) is 17.7 Å². The van der Waals surface area contributed by atoms with Crippen molar-refractivity contribution in [1.29, 1.82) is 0 Å². The lowest BCUT2D eigenvalue weighted by Crippen LogP contribution is -2.39. The van der Waals surface area contributed by atoms with E-state index in [1.54, 1.807) is 0 Å². The van der Waals surface area contributed by atoms with E-state index in [-0.39, 0.29) is 22.5 Å². The van der Waals surface area contributed by atoms with Crippen molar-refractivity contribution in [3.05, 3.63) is 33.9 Å². The minimum absolute atomic E-state index is 0.0493. The molecule has 2 atom stereocenters. The zero-order chi connectivity index (χ0) is 15.6. The molecule has 21 heavy (non-hydrogen) atoms. The fourth-order valence-electron chi connectivity index (χ4n) is 2.74. The van der Waals surface area contributed by atoms with Gasteiger partial charge in [-0.05, 0) is 44.4 Å². The van der Waals surface area contributed by atoms with Crippen molar-refractivity contribution in [3.8, 4) is 0 Å². The lowest BCUT2D eigenvalue weighted by Gasteiger charge is -2.19. The maximum Gasteiger partial charge on any atom is 0.272 e. The first kappa shape index (κ1) is 15.9. The summed E-state index contributed by atoms with van der Waals surface area (Å²) in [4.78, 5) is 10.3. The average Bonchev–Trinajstić information content (AvgIpc) is 2.84. The van der Waals surface area contributed by atoms with E-state index in [2.05, 4.69) is 4.72 Å². The van der Waals surface area contributed by atoms with E-state index in [9.17, 15) is 18.5 Å². The van der Waals surface area contributed by atoms with Crippen LogP contribution in [0.25, 0.3) is 0 Å². The van der Waals surface area contributed by atoms with Gasteiger partial charge in [-0.2, -0.15) is 0 Å². The van der Waals surface area contributed by atoms with E-state index >= 15 is 0 Å². The first-order valence-electron chi connectivity index (χ1n) is 6.82. The topological polar surface area (TPSA) is 115 Å². The number of nitro benzene ring substituents is 1. The summed E-state index contributed by atoms with van der Waals surface area (Å²) in [7, 11) is -3.68. The monoisotopic (exact) mass is 313 g/mol. The molecule has 116 valence electrons. The highest BCUT2D eigenvalue weighted by atomic mass is 32.2. The van der Waals surface area contributed by atoms with Gasteiger partial charge in [0.15, 0.2) is 0 Å². The molecule has 3 N–H and O–H groups in total. The highest BCUT2D eigenvalue weighted by Gasteiger charge is 2.30. The molecule has 1 aromatic carbocycles. The molecule has 8 heteroatoms. The van der Waals surface area contributed by atoms with Crippen LogP contribution < -0.4 is 10.5 Å². The van der Waals surface area contributed by atoms with Crippen molar-refractivity contribution in [3.63, 3.8) is 0 Å². The molecule has 2 rings (SSSR count). The molecular weight excluding hydrogens is 294 g/mol. The number of nitro groups is 1. The quantitative estimate of drug-likeness (QED) is 0.628. The Balaban J connectivity index is 2.23. The summed E-state index contributed by atoms with van der Waals surface area (Å²) in [6, 6.07) is 3.65. The summed E-state index contributed by atoms with van der Waals surface area (Å²) in [6.07, 6.45) is 2.64. The summed E-state index contributed by atoms with van der Waals surface area (Å²) in [5, 5.41) is 10.8. The molecule has 2 unspecified atom stereocenters. The van der Waals surface area contributed by atoms with Crippen molar-refractivity contribution >= 4 is 15.7 Å². The number of hydrogen-bond donors (Lipinski definition) is 2. The lowest BCUT2D eigenvalue weighted by molar-refractivity contribution is -0.385. The van der Waals surface area contributed by atoms with Crippen LogP contribution in [0, 0.1) is 23.0 Å². The fourth-order valence-corrected chi connectivity index (χ4v) is 4.17. The molecule has 0 bridgehead atoms. The number of sulfonamides is 1. The Morgan fingerprint density at radius 2 is 2.14 bits per heavy atom. The lowest BCUT2D eigenvalue weighted by atomic mass is 10.1. The molecule has 1 saturated carbocycles. The van der Waals surface area contributed by atoms with Crippen LogP contribution in [0.3, 0.4) is 0 Å². The van der Waals surface area contributed by atoms with Gasteiger partial charge in [0.1, 0.15) is 0 Å². The third-order valence-electron chi connectivity index (χ3n) is 3.94. The van der Waals surface area contributed by atoms with Crippen molar-refractivity contribution in [2.24, 2.45) is 11.7 Å². The van der Waals surface area contributed by atoms with Crippen molar-refractivity contribution in [2.45, 2.75) is 37.1 Å². The molecule has 1 aromatic rings. The summed E-state index contributed by atoms with van der Waals surface area (Å²) in [5.41, 5.74) is 5.88. The number of nitrogens with zero attached hydrogens (tertiary/aromatic N) is 1. The molecule has 0 amide bonds. The third kappa shape index (κ3) is 3.39. The minimum atomic E-state index is -3.68.